The van der Waals surface area contributed by atoms with Crippen LogP contribution in [0.2, 0.25) is 0 Å². The molecular formula is C16H18I-. The van der Waals surface area contributed by atoms with E-state index in [0.29, 0.717) is 0 Å². The molecule has 17 heavy (non-hydrogen) atoms. The summed E-state index contributed by atoms with van der Waals surface area (Å²) < 4.78 is 3.05. The van der Waals surface area contributed by atoms with Crippen LogP contribution in [0.3, 0.4) is 0 Å². The van der Waals surface area contributed by atoms with Crippen LogP contribution in [0.25, 0.3) is 0 Å². The molecule has 0 nitrogen and oxygen atoms in total. The van der Waals surface area contributed by atoms with Gasteiger partial charge in [-0.15, -0.1) is 0 Å². The summed E-state index contributed by atoms with van der Waals surface area (Å²) in [6.45, 7) is 4.43. The summed E-state index contributed by atoms with van der Waals surface area (Å²) in [5, 5.41) is 0. The zero-order valence-corrected chi connectivity index (χ0v) is 12.6. The van der Waals surface area contributed by atoms with Gasteiger partial charge >= 0.3 is 115 Å². The predicted octanol–water partition coefficient (Wildman–Crippen LogP) is 0.940. The molecule has 0 saturated carbocycles. The van der Waals surface area contributed by atoms with Crippen molar-refractivity contribution in [1.29, 1.82) is 0 Å². The van der Waals surface area contributed by atoms with Gasteiger partial charge in [-0.3, -0.25) is 0 Å². The number of rotatable bonds is 4. The van der Waals surface area contributed by atoms with Crippen LogP contribution in [0.15, 0.2) is 48.5 Å². The third-order valence-corrected chi connectivity index (χ3v) is 5.40. The Morgan fingerprint density at radius 3 is 1.65 bits per heavy atom. The number of hydrogen-bond acceptors (Lipinski definition) is 0. The van der Waals surface area contributed by atoms with Gasteiger partial charge in [0.25, 0.3) is 0 Å². The molecule has 0 aliphatic carbocycles. The molecular weight excluding hydrogens is 319 g/mol. The van der Waals surface area contributed by atoms with E-state index in [1.54, 1.807) is 0 Å². The van der Waals surface area contributed by atoms with Crippen LogP contribution in [-0.4, -0.2) is 0 Å². The molecule has 0 atom stereocenters. The molecule has 0 fully saturated rings. The number of hydrogen-bond donors (Lipinski definition) is 0. The first-order chi connectivity index (χ1) is 8.31. The Kier molecular flexibility index (Phi) is 4.60. The Balaban J connectivity index is 2.18. The second-order valence-electron chi connectivity index (χ2n) is 4.06. The summed E-state index contributed by atoms with van der Waals surface area (Å²) in [7, 11) is 0. The fraction of sp³-hybridized carbons (Fsp3) is 0.250. The van der Waals surface area contributed by atoms with Crippen molar-refractivity contribution < 1.29 is 21.2 Å². The van der Waals surface area contributed by atoms with Gasteiger partial charge in [-0.1, -0.05) is 0 Å². The van der Waals surface area contributed by atoms with E-state index in [2.05, 4.69) is 62.4 Å². The van der Waals surface area contributed by atoms with Crippen molar-refractivity contribution >= 4 is 0 Å². The Morgan fingerprint density at radius 1 is 0.765 bits per heavy atom. The molecule has 2 aromatic rings. The fourth-order valence-electron chi connectivity index (χ4n) is 1.76. The van der Waals surface area contributed by atoms with E-state index < -0.39 is 0 Å². The molecule has 2 rings (SSSR count). The van der Waals surface area contributed by atoms with Crippen molar-refractivity contribution in [3.63, 3.8) is 0 Å². The average molecular weight is 337 g/mol. The van der Waals surface area contributed by atoms with Crippen molar-refractivity contribution in [3.05, 3.63) is 66.8 Å². The van der Waals surface area contributed by atoms with E-state index in [1.807, 2.05) is 0 Å². The summed E-state index contributed by atoms with van der Waals surface area (Å²) >= 11 is -0.0171. The van der Waals surface area contributed by atoms with Gasteiger partial charge in [0.15, 0.2) is 0 Å². The minimum atomic E-state index is -0.0171. The first kappa shape index (κ1) is 12.6. The van der Waals surface area contributed by atoms with Crippen LogP contribution in [0.5, 0.6) is 0 Å². The molecule has 0 saturated heterocycles. The van der Waals surface area contributed by atoms with Gasteiger partial charge < -0.3 is 0 Å². The van der Waals surface area contributed by atoms with Gasteiger partial charge in [0.1, 0.15) is 0 Å². The molecule has 0 bridgehead atoms. The summed E-state index contributed by atoms with van der Waals surface area (Å²) in [4.78, 5) is 0. The maximum absolute atomic E-state index is 2.37. The second-order valence-corrected chi connectivity index (χ2v) is 7.09. The summed E-state index contributed by atoms with van der Waals surface area (Å²) in [5.41, 5.74) is 2.91. The maximum atomic E-state index is 2.37. The van der Waals surface area contributed by atoms with Crippen molar-refractivity contribution in [1.82, 2.24) is 0 Å². The molecule has 90 valence electrons. The van der Waals surface area contributed by atoms with Crippen LogP contribution < -0.4 is 21.2 Å². The molecule has 0 amide bonds. The van der Waals surface area contributed by atoms with E-state index in [9.17, 15) is 0 Å². The molecule has 0 radical (unpaired) electrons. The minimum absolute atomic E-state index is 0.0171. The number of aryl methyl sites for hydroxylation is 2. The van der Waals surface area contributed by atoms with E-state index in [4.69, 9.17) is 0 Å². The van der Waals surface area contributed by atoms with Crippen molar-refractivity contribution in [3.8, 4) is 0 Å². The summed E-state index contributed by atoms with van der Waals surface area (Å²) in [5.74, 6) is 0. The third kappa shape index (κ3) is 3.56. The Bertz CT molecular complexity index is 443. The quantitative estimate of drug-likeness (QED) is 0.729. The van der Waals surface area contributed by atoms with Gasteiger partial charge in [0, 0.05) is 0 Å². The third-order valence-electron chi connectivity index (χ3n) is 2.81. The molecule has 0 heterocycles. The van der Waals surface area contributed by atoms with E-state index >= 15 is 0 Å². The van der Waals surface area contributed by atoms with Gasteiger partial charge in [0.05, 0.1) is 0 Å². The van der Waals surface area contributed by atoms with Crippen LogP contribution in [0, 0.1) is 7.14 Å². The normalized spacial score (nSPS) is 10.7. The first-order valence-corrected chi connectivity index (χ1v) is 8.30. The predicted molar refractivity (Wildman–Crippen MR) is 69.0 cm³/mol. The molecule has 0 N–H and O–H groups in total. The molecule has 0 spiro atoms. The van der Waals surface area contributed by atoms with Crippen LogP contribution in [-0.2, 0) is 12.8 Å². The zero-order valence-electron chi connectivity index (χ0n) is 10.4. The molecule has 0 aliphatic rings. The van der Waals surface area contributed by atoms with Gasteiger partial charge in [-0.25, -0.2) is 0 Å². The van der Waals surface area contributed by atoms with Crippen molar-refractivity contribution in [2.45, 2.75) is 26.7 Å². The summed E-state index contributed by atoms with van der Waals surface area (Å²) in [6, 6.07) is 18.1. The summed E-state index contributed by atoms with van der Waals surface area (Å²) in [6.07, 6.45) is 2.26. The van der Waals surface area contributed by atoms with Gasteiger partial charge in [0.2, 0.25) is 0 Å². The first-order valence-electron chi connectivity index (χ1n) is 6.14. The average Bonchev–Trinajstić information content (AvgIpc) is 2.39. The Morgan fingerprint density at radius 2 is 1.24 bits per heavy atom. The van der Waals surface area contributed by atoms with Gasteiger partial charge in [-0.05, 0) is 0 Å². The Labute approximate surface area is 114 Å². The van der Waals surface area contributed by atoms with E-state index in [1.165, 1.54) is 18.3 Å². The SMILES string of the molecule is CCc1cccc([I-]c2cccc(CC)c2)c1. The van der Waals surface area contributed by atoms with Crippen LogP contribution in [0.4, 0.5) is 0 Å². The number of halogens is 1. The monoisotopic (exact) mass is 337 g/mol. The van der Waals surface area contributed by atoms with Crippen LogP contribution >= 0.6 is 0 Å². The standard InChI is InChI=1S/C16H18I/c1-3-13-7-5-9-15(11-13)17-16-10-6-8-14(4-2)12-16/h5-12H,3-4H2,1-2H3/q-1. The fourth-order valence-corrected chi connectivity index (χ4v) is 4.36. The van der Waals surface area contributed by atoms with Crippen molar-refractivity contribution in [2.24, 2.45) is 0 Å². The van der Waals surface area contributed by atoms with E-state index in [0.717, 1.165) is 12.8 Å². The van der Waals surface area contributed by atoms with E-state index in [-0.39, 0.29) is 21.2 Å². The Hall–Kier alpha value is -0.830. The molecule has 2 aromatic carbocycles. The molecule has 1 heteroatoms. The van der Waals surface area contributed by atoms with Crippen molar-refractivity contribution in [2.75, 3.05) is 0 Å². The molecule has 0 unspecified atom stereocenters. The number of benzene rings is 2. The molecule has 0 aliphatic heterocycles. The van der Waals surface area contributed by atoms with Crippen LogP contribution in [0.1, 0.15) is 25.0 Å². The zero-order chi connectivity index (χ0) is 12.1. The topological polar surface area (TPSA) is 0 Å². The second kappa shape index (κ2) is 6.20. The van der Waals surface area contributed by atoms with Gasteiger partial charge in [-0.2, -0.15) is 0 Å². The molecule has 0 aromatic heterocycles.